The minimum absolute atomic E-state index is 0.0238. The van der Waals surface area contributed by atoms with Gasteiger partial charge in [-0.15, -0.1) is 0 Å². The van der Waals surface area contributed by atoms with Crippen LogP contribution in [0.3, 0.4) is 0 Å². The summed E-state index contributed by atoms with van der Waals surface area (Å²) in [5.41, 5.74) is -0.190. The highest BCUT2D eigenvalue weighted by Gasteiger charge is 2.37. The Morgan fingerprint density at radius 1 is 1.05 bits per heavy atom. The molecule has 2 aromatic carbocycles. The Morgan fingerprint density at radius 3 is 2.49 bits per heavy atom. The highest BCUT2D eigenvalue weighted by Crippen LogP contribution is 2.33. The van der Waals surface area contributed by atoms with Gasteiger partial charge in [-0.3, -0.25) is 9.36 Å². The van der Waals surface area contributed by atoms with Crippen LogP contribution < -0.4 is 10.0 Å². The zero-order chi connectivity index (χ0) is 26.5. The van der Waals surface area contributed by atoms with Gasteiger partial charge in [-0.2, -0.15) is 13.2 Å². The molecule has 2 heterocycles. The summed E-state index contributed by atoms with van der Waals surface area (Å²) in [7, 11) is -4.70. The van der Waals surface area contributed by atoms with Gasteiger partial charge < -0.3 is 5.32 Å². The van der Waals surface area contributed by atoms with Gasteiger partial charge in [-0.05, 0) is 43.2 Å². The Hall–Kier alpha value is -4.14. The number of amides is 1. The molecule has 0 aliphatic heterocycles. The maximum atomic E-state index is 14.0. The molecule has 15 heteroatoms. The number of aromatic nitrogens is 4. The molecule has 2 aromatic heterocycles. The molecule has 9 nitrogen and oxygen atoms in total. The van der Waals surface area contributed by atoms with Crippen LogP contribution in [0.25, 0.3) is 16.9 Å². The van der Waals surface area contributed by atoms with E-state index in [0.717, 1.165) is 18.9 Å². The molecule has 1 saturated carbocycles. The highest BCUT2D eigenvalue weighted by molar-refractivity contribution is 7.90. The van der Waals surface area contributed by atoms with Crippen molar-refractivity contribution in [2.75, 3.05) is 5.32 Å². The fraction of sp³-hybridized carbons (Fsp3) is 0.182. The van der Waals surface area contributed by atoms with Gasteiger partial charge in [0, 0.05) is 23.4 Å². The first-order chi connectivity index (χ1) is 17.4. The molecule has 1 aliphatic carbocycles. The number of anilines is 1. The van der Waals surface area contributed by atoms with Crippen molar-refractivity contribution >= 4 is 32.9 Å². The molecule has 1 amide bonds. The van der Waals surface area contributed by atoms with E-state index < -0.39 is 44.5 Å². The van der Waals surface area contributed by atoms with Crippen molar-refractivity contribution in [3.05, 3.63) is 71.8 Å². The summed E-state index contributed by atoms with van der Waals surface area (Å²) < 4.78 is 95.3. The van der Waals surface area contributed by atoms with Crippen LogP contribution in [0.4, 0.5) is 27.8 Å². The third-order valence-corrected chi connectivity index (χ3v) is 6.73. The van der Waals surface area contributed by atoms with Crippen molar-refractivity contribution < 1.29 is 35.2 Å². The van der Waals surface area contributed by atoms with E-state index in [9.17, 15) is 35.2 Å². The second-order valence-corrected chi connectivity index (χ2v) is 9.81. The van der Waals surface area contributed by atoms with E-state index in [1.807, 2.05) is 0 Å². The Bertz CT molecular complexity index is 1650. The first-order valence-corrected chi connectivity index (χ1v) is 12.1. The number of rotatable bonds is 6. The topological polar surface area (TPSA) is 119 Å². The molecule has 0 saturated heterocycles. The minimum Gasteiger partial charge on any atom is -0.365 e. The summed E-state index contributed by atoms with van der Waals surface area (Å²) in [6.45, 7) is 0. The minimum atomic E-state index is -4.84. The summed E-state index contributed by atoms with van der Waals surface area (Å²) in [6, 6.07) is 6.94. The van der Waals surface area contributed by atoms with Crippen LogP contribution in [0.2, 0.25) is 0 Å². The van der Waals surface area contributed by atoms with Crippen molar-refractivity contribution in [1.82, 2.24) is 24.2 Å². The zero-order valence-electron chi connectivity index (χ0n) is 18.4. The lowest BCUT2D eigenvalue weighted by Gasteiger charge is -2.11. The summed E-state index contributed by atoms with van der Waals surface area (Å²) >= 11 is 0. The highest BCUT2D eigenvalue weighted by atomic mass is 32.2. The van der Waals surface area contributed by atoms with Gasteiger partial charge in [0.15, 0.2) is 17.0 Å². The Labute approximate surface area is 205 Å². The Balaban J connectivity index is 1.50. The Kier molecular flexibility index (Phi) is 5.81. The summed E-state index contributed by atoms with van der Waals surface area (Å²) in [6.07, 6.45) is -2.10. The maximum absolute atomic E-state index is 14.0. The van der Waals surface area contributed by atoms with Crippen molar-refractivity contribution in [2.24, 2.45) is 0 Å². The third kappa shape index (κ3) is 4.94. The van der Waals surface area contributed by atoms with Gasteiger partial charge in [-0.25, -0.2) is 36.9 Å². The van der Waals surface area contributed by atoms with Crippen molar-refractivity contribution in [3.8, 4) is 5.69 Å². The number of hydrogen-bond acceptors (Lipinski definition) is 7. The maximum Gasteiger partial charge on any atom is 0.451 e. The number of sulfonamides is 1. The number of carbonyl (C=O) groups is 1. The molecule has 0 spiro atoms. The van der Waals surface area contributed by atoms with Crippen molar-refractivity contribution in [3.63, 3.8) is 0 Å². The predicted molar refractivity (Wildman–Crippen MR) is 119 cm³/mol. The van der Waals surface area contributed by atoms with E-state index in [2.05, 4.69) is 20.3 Å². The first-order valence-electron chi connectivity index (χ1n) is 10.6. The van der Waals surface area contributed by atoms with Crippen LogP contribution in [-0.4, -0.2) is 39.9 Å². The third-order valence-electron chi connectivity index (χ3n) is 5.36. The number of fused-ring (bicyclic) bond motifs is 1. The van der Waals surface area contributed by atoms with Crippen LogP contribution in [-0.2, 0) is 16.2 Å². The SMILES string of the molecule is O=C(NS(=O)(=O)c1ccc(F)cc1F)c1cccc(-n2cnc3c(NC4CC4)nc(C(F)(F)F)nc32)c1. The van der Waals surface area contributed by atoms with E-state index in [1.165, 1.54) is 35.2 Å². The lowest BCUT2D eigenvalue weighted by molar-refractivity contribution is -0.144. The smallest absolute Gasteiger partial charge is 0.365 e. The molecule has 5 rings (SSSR count). The number of benzene rings is 2. The molecule has 0 bridgehead atoms. The van der Waals surface area contributed by atoms with Crippen molar-refractivity contribution in [1.29, 1.82) is 0 Å². The predicted octanol–water partition coefficient (Wildman–Crippen LogP) is 3.81. The number of nitrogens with one attached hydrogen (secondary N) is 2. The molecule has 37 heavy (non-hydrogen) atoms. The van der Waals surface area contributed by atoms with Gasteiger partial charge in [-0.1, -0.05) is 6.07 Å². The Morgan fingerprint density at radius 2 is 1.81 bits per heavy atom. The van der Waals surface area contributed by atoms with Gasteiger partial charge in [0.25, 0.3) is 15.9 Å². The molecule has 1 aliphatic rings. The lowest BCUT2D eigenvalue weighted by atomic mass is 10.2. The van der Waals surface area contributed by atoms with E-state index >= 15 is 0 Å². The van der Waals surface area contributed by atoms with Gasteiger partial charge in [0.1, 0.15) is 22.9 Å². The van der Waals surface area contributed by atoms with E-state index in [4.69, 9.17) is 0 Å². The number of carbonyl (C=O) groups excluding carboxylic acids is 1. The van der Waals surface area contributed by atoms with E-state index in [0.29, 0.717) is 12.1 Å². The number of nitrogens with zero attached hydrogens (tertiary/aromatic N) is 4. The average molecular weight is 538 g/mol. The number of halogens is 5. The molecule has 4 aromatic rings. The van der Waals surface area contributed by atoms with Crippen LogP contribution in [0.5, 0.6) is 0 Å². The molecule has 0 unspecified atom stereocenters. The summed E-state index contributed by atoms with van der Waals surface area (Å²) in [4.78, 5) is 23.1. The fourth-order valence-corrected chi connectivity index (χ4v) is 4.50. The first kappa shape index (κ1) is 24.5. The fourth-order valence-electron chi connectivity index (χ4n) is 3.46. The number of hydrogen-bond donors (Lipinski definition) is 2. The van der Waals surface area contributed by atoms with Crippen LogP contribution in [0.15, 0.2) is 53.7 Å². The summed E-state index contributed by atoms with van der Waals surface area (Å²) in [5, 5.41) is 2.90. The standard InChI is InChI=1S/C22H15F5N6O3S/c23-12-4-7-16(15(24)9-12)37(35,36)32-20(34)11-2-1-3-14(8-11)33-10-28-17-18(29-13-5-6-13)30-21(22(25,26)27)31-19(17)33/h1-4,7-10,13H,5-6H2,(H,32,34)(H,29,30,31). The van der Waals surface area contributed by atoms with Crippen LogP contribution in [0.1, 0.15) is 29.0 Å². The van der Waals surface area contributed by atoms with Gasteiger partial charge >= 0.3 is 6.18 Å². The molecule has 2 N–H and O–H groups in total. The van der Waals surface area contributed by atoms with Crippen LogP contribution >= 0.6 is 0 Å². The number of imidazole rings is 1. The zero-order valence-corrected chi connectivity index (χ0v) is 19.2. The molecule has 1 fully saturated rings. The normalized spacial score (nSPS) is 14.1. The second kappa shape index (κ2) is 8.76. The lowest BCUT2D eigenvalue weighted by Crippen LogP contribution is -2.31. The van der Waals surface area contributed by atoms with E-state index in [-0.39, 0.29) is 34.3 Å². The van der Waals surface area contributed by atoms with Crippen LogP contribution in [0, 0.1) is 11.6 Å². The van der Waals surface area contributed by atoms with Gasteiger partial charge in [0.2, 0.25) is 5.82 Å². The molecular formula is C22H15F5N6O3S. The molecular weight excluding hydrogens is 523 g/mol. The molecule has 0 radical (unpaired) electrons. The number of alkyl halides is 3. The molecule has 192 valence electrons. The van der Waals surface area contributed by atoms with Gasteiger partial charge in [0.05, 0.1) is 0 Å². The quantitative estimate of drug-likeness (QED) is 0.359. The second-order valence-electron chi connectivity index (χ2n) is 8.16. The largest absolute Gasteiger partial charge is 0.451 e. The van der Waals surface area contributed by atoms with E-state index in [1.54, 1.807) is 4.72 Å². The summed E-state index contributed by atoms with van der Waals surface area (Å²) in [5.74, 6) is -5.02. The van der Waals surface area contributed by atoms with Crippen molar-refractivity contribution in [2.45, 2.75) is 30.0 Å². The average Bonchev–Trinajstić information content (AvgIpc) is 3.52. The monoisotopic (exact) mass is 538 g/mol. The molecule has 0 atom stereocenters.